The van der Waals surface area contributed by atoms with Crippen LogP contribution in [0.3, 0.4) is 0 Å². The van der Waals surface area contributed by atoms with Crippen molar-refractivity contribution in [2.24, 2.45) is 5.41 Å². The van der Waals surface area contributed by atoms with Gasteiger partial charge < -0.3 is 10.6 Å². The lowest BCUT2D eigenvalue weighted by Crippen LogP contribution is -2.40. The molecule has 0 radical (unpaired) electrons. The fourth-order valence-corrected chi connectivity index (χ4v) is 2.73. The van der Waals surface area contributed by atoms with Crippen LogP contribution in [-0.2, 0) is 22.6 Å². The molecule has 0 saturated carbocycles. The van der Waals surface area contributed by atoms with E-state index in [1.807, 2.05) is 13.0 Å². The highest BCUT2D eigenvalue weighted by atomic mass is 16.2. The Hall–Kier alpha value is -2.95. The maximum Gasteiger partial charge on any atom is 0.227 e. The van der Waals surface area contributed by atoms with Gasteiger partial charge in [0, 0.05) is 13.5 Å². The van der Waals surface area contributed by atoms with E-state index in [1.54, 1.807) is 24.0 Å². The largest absolute Gasteiger partial charge is 0.359 e. The lowest BCUT2D eigenvalue weighted by molar-refractivity contribution is -0.130. The quantitative estimate of drug-likeness (QED) is 0.688. The van der Waals surface area contributed by atoms with E-state index < -0.39 is 5.41 Å². The Morgan fingerprint density at radius 2 is 2.33 bits per heavy atom. The molecule has 24 heavy (non-hydrogen) atoms. The number of hydrogen-bond acceptors (Lipinski definition) is 5. The summed E-state index contributed by atoms with van der Waals surface area (Å²) in [6.07, 6.45) is 5.12. The van der Waals surface area contributed by atoms with Crippen LogP contribution in [0.25, 0.3) is 5.65 Å². The maximum atomic E-state index is 12.3. The molecule has 0 fully saturated rings. The van der Waals surface area contributed by atoms with Crippen molar-refractivity contribution in [3.63, 3.8) is 0 Å². The number of nitrogens with one attached hydrogen (secondary N) is 2. The Balaban J connectivity index is 2.31. The molecule has 2 amide bonds. The lowest BCUT2D eigenvalue weighted by atomic mass is 9.76. The Kier molecular flexibility index (Phi) is 5.47. The third-order valence-corrected chi connectivity index (χ3v) is 4.14. The van der Waals surface area contributed by atoms with Gasteiger partial charge in [-0.15, -0.1) is 0 Å². The second-order valence-corrected chi connectivity index (χ2v) is 5.62. The first kappa shape index (κ1) is 17.4. The molecule has 0 aliphatic rings. The standard InChI is InChI=1S/C16H20N6O2/c1-3-16(4-5-17,15(24)18-2)7-12-6-14-21-13(9-19-11-23)10-22(14)20-8-12/h6,8,10-11H,3-4,7,9H2,1-2H3,(H,18,24)(H,19,23). The number of fused-ring (bicyclic) bond motifs is 1. The normalized spacial score (nSPS) is 13.0. The fraction of sp³-hybridized carbons (Fsp3) is 0.438. The number of aromatic nitrogens is 3. The Morgan fingerprint density at radius 1 is 1.54 bits per heavy atom. The molecule has 2 heterocycles. The molecule has 0 bridgehead atoms. The molecule has 1 atom stereocenters. The number of nitrogens with zero attached hydrogens (tertiary/aromatic N) is 4. The molecule has 2 N–H and O–H groups in total. The van der Waals surface area contributed by atoms with Crippen molar-refractivity contribution in [3.05, 3.63) is 29.7 Å². The van der Waals surface area contributed by atoms with Crippen LogP contribution in [0.2, 0.25) is 0 Å². The Morgan fingerprint density at radius 3 is 2.96 bits per heavy atom. The van der Waals surface area contributed by atoms with Crippen molar-refractivity contribution in [2.75, 3.05) is 7.05 Å². The van der Waals surface area contributed by atoms with Crippen LogP contribution in [0.15, 0.2) is 18.5 Å². The summed E-state index contributed by atoms with van der Waals surface area (Å²) in [5.41, 5.74) is 1.38. The van der Waals surface area contributed by atoms with Crippen LogP contribution >= 0.6 is 0 Å². The number of rotatable bonds is 8. The first-order valence-electron chi connectivity index (χ1n) is 7.68. The van der Waals surface area contributed by atoms with Gasteiger partial charge in [0.1, 0.15) is 0 Å². The fourth-order valence-electron chi connectivity index (χ4n) is 2.73. The first-order valence-corrected chi connectivity index (χ1v) is 7.68. The zero-order chi connectivity index (χ0) is 17.6. The predicted molar refractivity (Wildman–Crippen MR) is 86.6 cm³/mol. The van der Waals surface area contributed by atoms with Gasteiger partial charge in [-0.1, -0.05) is 6.92 Å². The van der Waals surface area contributed by atoms with E-state index in [0.717, 1.165) is 5.56 Å². The van der Waals surface area contributed by atoms with Gasteiger partial charge in [0.05, 0.1) is 36.1 Å². The van der Waals surface area contributed by atoms with Crippen LogP contribution < -0.4 is 10.6 Å². The van der Waals surface area contributed by atoms with E-state index in [0.29, 0.717) is 37.1 Å². The second-order valence-electron chi connectivity index (χ2n) is 5.62. The van der Waals surface area contributed by atoms with Crippen molar-refractivity contribution >= 4 is 18.0 Å². The van der Waals surface area contributed by atoms with Crippen molar-refractivity contribution in [1.82, 2.24) is 25.2 Å². The summed E-state index contributed by atoms with van der Waals surface area (Å²) < 4.78 is 1.61. The zero-order valence-electron chi connectivity index (χ0n) is 13.7. The summed E-state index contributed by atoms with van der Waals surface area (Å²) >= 11 is 0. The summed E-state index contributed by atoms with van der Waals surface area (Å²) in [6.45, 7) is 2.23. The van der Waals surface area contributed by atoms with Gasteiger partial charge in [-0.25, -0.2) is 9.50 Å². The van der Waals surface area contributed by atoms with Crippen molar-refractivity contribution in [3.8, 4) is 6.07 Å². The van der Waals surface area contributed by atoms with E-state index in [1.165, 1.54) is 0 Å². The molecule has 2 rings (SSSR count). The maximum absolute atomic E-state index is 12.3. The number of imidazole rings is 1. The smallest absolute Gasteiger partial charge is 0.227 e. The highest BCUT2D eigenvalue weighted by Crippen LogP contribution is 2.31. The minimum absolute atomic E-state index is 0.136. The molecule has 0 spiro atoms. The Labute approximate surface area is 139 Å². The molecule has 2 aromatic heterocycles. The summed E-state index contributed by atoms with van der Waals surface area (Å²) in [7, 11) is 1.58. The minimum atomic E-state index is -0.780. The van der Waals surface area contributed by atoms with Crippen LogP contribution in [0.4, 0.5) is 0 Å². The first-order chi connectivity index (χ1) is 11.6. The number of carbonyl (C=O) groups is 2. The molecule has 1 unspecified atom stereocenters. The summed E-state index contributed by atoms with van der Waals surface area (Å²) in [5, 5.41) is 18.6. The van der Waals surface area contributed by atoms with E-state index in [2.05, 4.69) is 26.8 Å². The van der Waals surface area contributed by atoms with E-state index in [4.69, 9.17) is 5.26 Å². The van der Waals surface area contributed by atoms with Gasteiger partial charge in [0.2, 0.25) is 12.3 Å². The van der Waals surface area contributed by atoms with Gasteiger partial charge >= 0.3 is 0 Å². The number of carbonyl (C=O) groups excluding carboxylic acids is 2. The van der Waals surface area contributed by atoms with Gasteiger partial charge in [-0.3, -0.25) is 9.59 Å². The van der Waals surface area contributed by atoms with Crippen LogP contribution in [0, 0.1) is 16.7 Å². The van der Waals surface area contributed by atoms with Gasteiger partial charge in [0.25, 0.3) is 0 Å². The van der Waals surface area contributed by atoms with Crippen molar-refractivity contribution < 1.29 is 9.59 Å². The number of hydrogen-bond donors (Lipinski definition) is 2. The minimum Gasteiger partial charge on any atom is -0.359 e. The molecule has 2 aromatic rings. The van der Waals surface area contributed by atoms with Gasteiger partial charge in [-0.2, -0.15) is 10.4 Å². The molecule has 0 aliphatic carbocycles. The molecule has 8 heteroatoms. The Bertz CT molecular complexity index is 778. The summed E-state index contributed by atoms with van der Waals surface area (Å²) in [6, 6.07) is 3.97. The molecule has 126 valence electrons. The lowest BCUT2D eigenvalue weighted by Gasteiger charge is -2.28. The monoisotopic (exact) mass is 328 g/mol. The number of amides is 2. The molecule has 8 nitrogen and oxygen atoms in total. The third kappa shape index (κ3) is 3.51. The molecule has 0 aromatic carbocycles. The van der Waals surface area contributed by atoms with Crippen molar-refractivity contribution in [1.29, 1.82) is 5.26 Å². The van der Waals surface area contributed by atoms with Crippen molar-refractivity contribution in [2.45, 2.75) is 32.7 Å². The highest BCUT2D eigenvalue weighted by Gasteiger charge is 2.36. The van der Waals surface area contributed by atoms with E-state index in [9.17, 15) is 9.59 Å². The summed E-state index contributed by atoms with van der Waals surface area (Å²) in [5.74, 6) is -0.148. The van der Waals surface area contributed by atoms with Crippen LogP contribution in [0.1, 0.15) is 31.0 Å². The zero-order valence-corrected chi connectivity index (χ0v) is 13.7. The van der Waals surface area contributed by atoms with Gasteiger partial charge in [-0.05, 0) is 24.5 Å². The van der Waals surface area contributed by atoms with Crippen LogP contribution in [-0.4, -0.2) is 34.0 Å². The van der Waals surface area contributed by atoms with E-state index in [-0.39, 0.29) is 12.3 Å². The highest BCUT2D eigenvalue weighted by molar-refractivity contribution is 5.83. The van der Waals surface area contributed by atoms with E-state index >= 15 is 0 Å². The third-order valence-electron chi connectivity index (χ3n) is 4.14. The SMILES string of the molecule is CCC(CC#N)(Cc1cnn2cc(CNC=O)nc2c1)C(=O)NC. The molecule has 0 aliphatic heterocycles. The summed E-state index contributed by atoms with van der Waals surface area (Å²) in [4.78, 5) is 27.1. The second kappa shape index (κ2) is 7.55. The average molecular weight is 328 g/mol. The number of nitriles is 1. The molecule has 0 saturated heterocycles. The predicted octanol–water partition coefficient (Wildman–Crippen LogP) is 0.574. The molecular weight excluding hydrogens is 308 g/mol. The molecular formula is C16H20N6O2. The average Bonchev–Trinajstić information content (AvgIpc) is 3.00. The topological polar surface area (TPSA) is 112 Å². The van der Waals surface area contributed by atoms with Crippen LogP contribution in [0.5, 0.6) is 0 Å². The van der Waals surface area contributed by atoms with Gasteiger partial charge in [0.15, 0.2) is 5.65 Å².